The maximum absolute atomic E-state index is 13.1. The summed E-state index contributed by atoms with van der Waals surface area (Å²) in [4.78, 5) is 8.18. The molecule has 2 aliphatic rings. The summed E-state index contributed by atoms with van der Waals surface area (Å²) in [7, 11) is 5.63. The monoisotopic (exact) mass is 397 g/mol. The molecule has 28 heavy (non-hydrogen) atoms. The SMILES string of the molecule is [B]C/C=C/C1CC2=C(C(=N)/C=C\CC(C)F)CN=C(C(=CC)S/C=C\C)N2C1. The first-order chi connectivity index (χ1) is 13.5. The highest BCUT2D eigenvalue weighted by molar-refractivity contribution is 8.06. The molecule has 1 saturated heterocycles. The lowest BCUT2D eigenvalue weighted by Crippen LogP contribution is -2.33. The molecule has 2 rings (SSSR count). The van der Waals surface area contributed by atoms with E-state index in [2.05, 4.69) is 22.5 Å². The Bertz CT molecular complexity index is 747. The van der Waals surface area contributed by atoms with Crippen LogP contribution in [0.3, 0.4) is 0 Å². The first-order valence-electron chi connectivity index (χ1n) is 9.76. The summed E-state index contributed by atoms with van der Waals surface area (Å²) < 4.78 is 13.1. The van der Waals surface area contributed by atoms with E-state index < -0.39 is 6.17 Å². The minimum Gasteiger partial charge on any atom is -0.328 e. The molecule has 3 nitrogen and oxygen atoms in total. The molecule has 6 heteroatoms. The molecule has 0 aromatic carbocycles. The number of nitrogens with one attached hydrogen (secondary N) is 1. The van der Waals surface area contributed by atoms with Crippen LogP contribution < -0.4 is 0 Å². The fraction of sp³-hybridized carbons (Fsp3) is 0.455. The number of hydrogen-bond acceptors (Lipinski definition) is 4. The van der Waals surface area contributed by atoms with Crippen molar-refractivity contribution in [3.63, 3.8) is 0 Å². The zero-order chi connectivity index (χ0) is 20.5. The van der Waals surface area contributed by atoms with Crippen LogP contribution in [0.2, 0.25) is 6.32 Å². The van der Waals surface area contributed by atoms with Gasteiger partial charge in [0.2, 0.25) is 0 Å². The van der Waals surface area contributed by atoms with Crippen LogP contribution in [0, 0.1) is 11.3 Å². The fourth-order valence-electron chi connectivity index (χ4n) is 3.32. The van der Waals surface area contributed by atoms with Gasteiger partial charge < -0.3 is 10.3 Å². The van der Waals surface area contributed by atoms with Crippen molar-refractivity contribution in [3.8, 4) is 0 Å². The third-order valence-electron chi connectivity index (χ3n) is 4.62. The second-order valence-electron chi connectivity index (χ2n) is 6.88. The molecule has 0 aliphatic carbocycles. The van der Waals surface area contributed by atoms with Crippen LogP contribution >= 0.6 is 11.8 Å². The van der Waals surface area contributed by atoms with E-state index in [1.165, 1.54) is 6.92 Å². The van der Waals surface area contributed by atoms with Crippen LogP contribution in [0.15, 0.2) is 63.0 Å². The van der Waals surface area contributed by atoms with Crippen LogP contribution in [0.1, 0.15) is 33.6 Å². The van der Waals surface area contributed by atoms with Gasteiger partial charge in [0, 0.05) is 28.6 Å². The number of aliphatic imine (C=N–C) groups is 1. The van der Waals surface area contributed by atoms with Gasteiger partial charge in [0.25, 0.3) is 0 Å². The maximum atomic E-state index is 13.1. The van der Waals surface area contributed by atoms with Gasteiger partial charge in [0.1, 0.15) is 12.0 Å². The van der Waals surface area contributed by atoms with Crippen molar-refractivity contribution in [2.24, 2.45) is 10.9 Å². The standard InChI is InChI=1S/C22H29BFN3S/c1-4-12-28-21(5-2)22-26-14-18(19(25)10-6-8-16(3)24)20-13-17(9-7-11-23)15-27(20)22/h4-7,9-10,12,16-17,25H,8,11,13-15H2,1-3H3/b9-7+,10-6-,12-4-,21-5?,25-19?. The van der Waals surface area contributed by atoms with Gasteiger partial charge in [-0.15, -0.1) is 0 Å². The Kier molecular flexibility index (Phi) is 9.03. The summed E-state index contributed by atoms with van der Waals surface area (Å²) in [5, 5.41) is 10.5. The van der Waals surface area contributed by atoms with Crippen molar-refractivity contribution in [1.82, 2.24) is 4.90 Å². The van der Waals surface area contributed by atoms with E-state index >= 15 is 0 Å². The normalized spacial score (nSPS) is 21.9. The van der Waals surface area contributed by atoms with Gasteiger partial charge in [0.05, 0.1) is 20.1 Å². The van der Waals surface area contributed by atoms with E-state index in [9.17, 15) is 4.39 Å². The van der Waals surface area contributed by atoms with Crippen LogP contribution in [-0.4, -0.2) is 43.6 Å². The molecule has 2 heterocycles. The minimum absolute atomic E-state index is 0.327. The number of allylic oxidation sites excluding steroid dienone is 6. The van der Waals surface area contributed by atoms with Crippen molar-refractivity contribution in [2.75, 3.05) is 13.1 Å². The van der Waals surface area contributed by atoms with Crippen molar-refractivity contribution >= 4 is 31.2 Å². The van der Waals surface area contributed by atoms with E-state index in [0.717, 1.165) is 35.0 Å². The van der Waals surface area contributed by atoms with Gasteiger partial charge in [-0.3, -0.25) is 4.99 Å². The molecule has 1 N–H and O–H groups in total. The second kappa shape index (κ2) is 11.3. The van der Waals surface area contributed by atoms with Gasteiger partial charge in [0.15, 0.2) is 0 Å². The van der Waals surface area contributed by atoms with Crippen LogP contribution in [0.25, 0.3) is 0 Å². The number of alkyl halides is 1. The summed E-state index contributed by atoms with van der Waals surface area (Å²) in [5.41, 5.74) is 2.51. The lowest BCUT2D eigenvalue weighted by Gasteiger charge is -2.29. The lowest BCUT2D eigenvalue weighted by molar-refractivity contribution is 0.365. The summed E-state index contributed by atoms with van der Waals surface area (Å²) in [6, 6.07) is 0. The smallest absolute Gasteiger partial charge is 0.142 e. The quantitative estimate of drug-likeness (QED) is 0.312. The summed E-state index contributed by atoms with van der Waals surface area (Å²) in [6.45, 7) is 6.87. The molecule has 1 fully saturated rings. The number of rotatable bonds is 9. The van der Waals surface area contributed by atoms with E-state index in [-0.39, 0.29) is 0 Å². The third kappa shape index (κ3) is 5.84. The largest absolute Gasteiger partial charge is 0.328 e. The Morgan fingerprint density at radius 3 is 2.86 bits per heavy atom. The molecular formula is C22H29BFN3S. The van der Waals surface area contributed by atoms with Crippen LogP contribution in [0.5, 0.6) is 0 Å². The third-order valence-corrected chi connectivity index (χ3v) is 5.70. The topological polar surface area (TPSA) is 39.5 Å². The molecule has 0 aromatic heterocycles. The lowest BCUT2D eigenvalue weighted by atomic mass is 9.99. The van der Waals surface area contributed by atoms with Crippen LogP contribution in [-0.2, 0) is 0 Å². The van der Waals surface area contributed by atoms with Crippen molar-refractivity contribution in [3.05, 3.63) is 58.0 Å². The Labute approximate surface area is 174 Å². The van der Waals surface area contributed by atoms with Crippen molar-refractivity contribution in [2.45, 2.75) is 46.1 Å². The Morgan fingerprint density at radius 2 is 2.21 bits per heavy atom. The summed E-state index contributed by atoms with van der Waals surface area (Å²) in [6.07, 6.45) is 12.5. The highest BCUT2D eigenvalue weighted by atomic mass is 32.2. The molecule has 2 radical (unpaired) electrons. The van der Waals surface area contributed by atoms with Gasteiger partial charge in [-0.1, -0.05) is 48.5 Å². The van der Waals surface area contributed by atoms with Gasteiger partial charge in [-0.25, -0.2) is 4.39 Å². The molecule has 0 aromatic rings. The number of hydrogen-bond donors (Lipinski definition) is 1. The number of halogens is 1. The second-order valence-corrected chi connectivity index (χ2v) is 7.82. The number of nitrogens with zero attached hydrogens (tertiary/aromatic N) is 2. The molecule has 0 amide bonds. The molecule has 0 saturated carbocycles. The van der Waals surface area contributed by atoms with Gasteiger partial charge >= 0.3 is 0 Å². The first-order valence-corrected chi connectivity index (χ1v) is 10.6. The van der Waals surface area contributed by atoms with Gasteiger partial charge in [-0.05, 0) is 45.1 Å². The Balaban J connectivity index is 2.31. The van der Waals surface area contributed by atoms with E-state index in [1.54, 1.807) is 23.9 Å². The highest BCUT2D eigenvalue weighted by Crippen LogP contribution is 2.37. The number of thioether (sulfide) groups is 1. The van der Waals surface area contributed by atoms with Crippen molar-refractivity contribution < 1.29 is 4.39 Å². The molecule has 2 atom stereocenters. The average molecular weight is 397 g/mol. The number of fused-ring (bicyclic) bond motifs is 1. The molecule has 148 valence electrons. The fourth-order valence-corrected chi connectivity index (χ4v) is 4.01. The van der Waals surface area contributed by atoms with E-state index in [0.29, 0.717) is 30.9 Å². The maximum Gasteiger partial charge on any atom is 0.142 e. The summed E-state index contributed by atoms with van der Waals surface area (Å²) >= 11 is 1.66. The molecule has 0 bridgehead atoms. The highest BCUT2D eigenvalue weighted by Gasteiger charge is 2.34. The van der Waals surface area contributed by atoms with E-state index in [1.807, 2.05) is 26.0 Å². The summed E-state index contributed by atoms with van der Waals surface area (Å²) in [5.74, 6) is 1.33. The van der Waals surface area contributed by atoms with Crippen LogP contribution in [0.4, 0.5) is 4.39 Å². The molecule has 2 unspecified atom stereocenters. The molecular weight excluding hydrogens is 368 g/mol. The predicted molar refractivity (Wildman–Crippen MR) is 122 cm³/mol. The van der Waals surface area contributed by atoms with Crippen molar-refractivity contribution in [1.29, 1.82) is 5.41 Å². The zero-order valence-electron chi connectivity index (χ0n) is 17.0. The first kappa shape index (κ1) is 22.5. The minimum atomic E-state index is -0.896. The molecule has 0 spiro atoms. The zero-order valence-corrected chi connectivity index (χ0v) is 17.8. The van der Waals surface area contributed by atoms with Gasteiger partial charge in [-0.2, -0.15) is 0 Å². The Hall–Kier alpha value is -1.82. The number of amidine groups is 1. The molecule has 2 aliphatic heterocycles. The average Bonchev–Trinajstić information content (AvgIpc) is 3.10. The Morgan fingerprint density at radius 1 is 1.43 bits per heavy atom. The van der Waals surface area contributed by atoms with E-state index in [4.69, 9.17) is 18.2 Å². The predicted octanol–water partition coefficient (Wildman–Crippen LogP) is 5.61.